The Hall–Kier alpha value is -15.1. The molecule has 12 aliphatic rings. The smallest absolute Gasteiger partial charge is 0.406 e. The number of hydrogen-bond acceptors (Lipinski definition) is 19. The van der Waals surface area contributed by atoms with Gasteiger partial charge in [0.1, 0.15) is 47.3 Å². The maximum Gasteiger partial charge on any atom is 0.406 e. The number of carboxylic acids is 2. The van der Waals surface area contributed by atoms with E-state index < -0.39 is 23.6 Å². The predicted octanol–water partition coefficient (Wildman–Crippen LogP) is 15.2. The molecule has 0 radical (unpaired) electrons. The summed E-state index contributed by atoms with van der Waals surface area (Å²) in [7, 11) is 9.66. The molecule has 1 spiro atoms. The molecule has 19 rings (SSSR count). The van der Waals surface area contributed by atoms with Gasteiger partial charge in [0.25, 0.3) is 0 Å². The molecule has 6 atom stereocenters. The van der Waals surface area contributed by atoms with Gasteiger partial charge in [-0.25, -0.2) is 47.5 Å². The molecule has 6 fully saturated rings. The number of amides is 11. The van der Waals surface area contributed by atoms with Crippen LogP contribution < -0.4 is 108 Å². The average molecular weight is 2000 g/mol. The van der Waals surface area contributed by atoms with E-state index in [9.17, 15) is 53.4 Å². The number of carboxylic acid groups (broad SMARTS) is 2. The summed E-state index contributed by atoms with van der Waals surface area (Å²) in [5.41, 5.74) is 12.3. The highest BCUT2D eigenvalue weighted by Crippen LogP contribution is 2.58. The Morgan fingerprint density at radius 3 is 1.18 bits per heavy atom. The molecule has 2 aliphatic carbocycles. The van der Waals surface area contributed by atoms with E-state index in [1.807, 2.05) is 60.7 Å². The van der Waals surface area contributed by atoms with Gasteiger partial charge in [-0.2, -0.15) is 0 Å². The molecule has 147 heavy (non-hydrogen) atoms. The summed E-state index contributed by atoms with van der Waals surface area (Å²) < 4.78 is 36.9. The first-order valence-corrected chi connectivity index (χ1v) is 52.5. The van der Waals surface area contributed by atoms with Crippen LogP contribution >= 0.6 is 0 Å². The number of anilines is 4. The number of rotatable bonds is 26. The van der Waals surface area contributed by atoms with Gasteiger partial charge in [0.2, 0.25) is 10.7 Å². The Morgan fingerprint density at radius 1 is 0.388 bits per heavy atom. The molecule has 6 saturated heterocycles. The summed E-state index contributed by atoms with van der Waals surface area (Å²) in [6.07, 6.45) is 23.9. The Bertz CT molecular complexity index is 6360. The van der Waals surface area contributed by atoms with Gasteiger partial charge in [-0.15, -0.1) is 0 Å². The molecule has 33 heteroatoms. The molecule has 12 N–H and O–H groups in total. The van der Waals surface area contributed by atoms with Crippen molar-refractivity contribution in [1.29, 1.82) is 0 Å². The molecule has 6 unspecified atom stereocenters. The van der Waals surface area contributed by atoms with E-state index in [1.54, 1.807) is 66.6 Å². The summed E-state index contributed by atoms with van der Waals surface area (Å²) in [4.78, 5) is 119. The maximum absolute atomic E-state index is 13.5. The van der Waals surface area contributed by atoms with E-state index in [1.165, 1.54) is 0 Å². The lowest BCUT2D eigenvalue weighted by molar-refractivity contribution is -0.255. The number of esters is 1. The standard InChI is InChI=1S/2C38H46N6O5.C38H45N5O6/c1-39-36(46)41-19-17-25-9-5-7-21-43(25)27-13-15-31-33(23-27)48-34-24-28(44-22-8-6-10-26(44)18-20-42-37(47)40-2)14-16-32(34)38(31)30-12-4-3-11-29(30)35(45)49-38;1-39-37(47)41-19-17-25-9-5-7-21-43(25)27-13-15-31-33(23-27)49-34-24-28(44-22-8-6-10-26(44)18-20-42-38(48)40-2)14-16-32(34)35(31)29-11-3-4-12-30(29)36(45)46;1-39-37(46)41-19-17-25-9-5-7-20-42(25)27-13-15-31-33(23-27)49-34-24-28(43-21-8-6-10-26(43)18-22-48-38(47)40-2)14-16-32(34)35(31)29-11-3-4-12-30(29)36(44)45/h3-4,11-16,23-26H,5-10,17-22H2,1-2H3,(H2,39,41,46)(H2,40,42,47);3-4,11-16,23-26H,5-10,17-22H2,1-2H3,(H4-,39,40,41,42,45,46,47,48);3-4,11-16,23-26H,5-10,17-22H2,1-2H3,(H3-,39,40,41,44,45,46,47)/p+1. The van der Waals surface area contributed by atoms with Crippen LogP contribution in [0.1, 0.15) is 202 Å². The highest BCUT2D eigenvalue weighted by Gasteiger charge is 2.54. The Morgan fingerprint density at radius 2 is 0.762 bits per heavy atom. The number of ether oxygens (including phenoxy) is 3. The molecule has 10 heterocycles. The minimum absolute atomic E-state index is 0.122. The monoisotopic (exact) mass is 2000 g/mol. The highest BCUT2D eigenvalue weighted by atomic mass is 16.6. The molecule has 774 valence electrons. The Kier molecular flexibility index (Phi) is 34.0. The van der Waals surface area contributed by atoms with Gasteiger partial charge in [0, 0.05) is 278 Å². The molecular formula is C114H138N17O16+. The lowest BCUT2D eigenvalue weighted by atomic mass is 9.77. The summed E-state index contributed by atoms with van der Waals surface area (Å²) in [5, 5.41) is 56.5. The first-order valence-electron chi connectivity index (χ1n) is 52.5. The summed E-state index contributed by atoms with van der Waals surface area (Å²) >= 11 is 0. The van der Waals surface area contributed by atoms with Crippen molar-refractivity contribution in [2.24, 2.45) is 0 Å². The highest BCUT2D eigenvalue weighted by molar-refractivity contribution is 6.09. The zero-order valence-corrected chi connectivity index (χ0v) is 85.0. The van der Waals surface area contributed by atoms with E-state index in [0.717, 1.165) is 270 Å². The fraction of sp³-hybridized carbons (Fsp3) is 0.430. The van der Waals surface area contributed by atoms with E-state index >= 15 is 0 Å². The van der Waals surface area contributed by atoms with Crippen molar-refractivity contribution in [3.8, 4) is 56.4 Å². The van der Waals surface area contributed by atoms with Crippen LogP contribution in [0.5, 0.6) is 11.5 Å². The Labute approximate surface area is 857 Å². The average Bonchev–Trinajstić information content (AvgIpc) is 1.57. The van der Waals surface area contributed by atoms with Crippen molar-refractivity contribution in [1.82, 2.24) is 67.6 Å². The molecule has 33 nitrogen and oxygen atoms in total. The third kappa shape index (κ3) is 23.4. The fourth-order valence-electron chi connectivity index (χ4n) is 23.2. The predicted molar refractivity (Wildman–Crippen MR) is 568 cm³/mol. The van der Waals surface area contributed by atoms with Crippen LogP contribution in [-0.2, 0) is 15.1 Å². The van der Waals surface area contributed by atoms with Gasteiger partial charge in [0.05, 0.1) is 35.8 Å². The Balaban J connectivity index is 0.000000151. The number of carbonyl (C=O) groups excluding carboxylic acids is 8. The molecule has 10 aliphatic heterocycles. The lowest BCUT2D eigenvalue weighted by Crippen LogP contribution is -2.45. The van der Waals surface area contributed by atoms with Gasteiger partial charge < -0.3 is 116 Å². The minimum Gasteiger partial charge on any atom is -0.545 e. The molecule has 7 aromatic carbocycles. The van der Waals surface area contributed by atoms with Gasteiger partial charge in [-0.3, -0.25) is 0 Å². The van der Waals surface area contributed by atoms with Gasteiger partial charge >= 0.3 is 48.2 Å². The third-order valence-corrected chi connectivity index (χ3v) is 30.5. The number of nitrogens with zero attached hydrogens (tertiary/aromatic N) is 6. The third-order valence-electron chi connectivity index (χ3n) is 30.5. The van der Waals surface area contributed by atoms with E-state index in [2.05, 4.69) is 184 Å². The van der Waals surface area contributed by atoms with Gasteiger partial charge in [-0.05, 0) is 199 Å². The first-order chi connectivity index (χ1) is 71.7. The van der Waals surface area contributed by atoms with Crippen LogP contribution in [0.2, 0.25) is 0 Å². The topological polar surface area (TPSA) is 402 Å². The van der Waals surface area contributed by atoms with E-state index in [4.69, 9.17) is 23.0 Å². The SMILES string of the molecule is CNC(=O)NCCC1CCCCN1c1ccc2c(-c3ccccc3C(=O)O)c3ccc(=[N+]4CCCCC4CCNC(=O)NC)cc-3oc2c1.CNC(=O)NCCC1CCCCN1c1ccc2c(-c3ccccc3C(=O)[O-])c3ccc(=[N+]4CCCCC4CCOC(=O)NC)cc-3oc2c1.CNC(=O)NCCC1CCCCN1c1ccc2c(c1)Oc1cc(N3CCCCC3CCNC(=O)NC)ccc1C21OC(=O)c2ccccc21. The second-order valence-electron chi connectivity index (χ2n) is 39.1. The van der Waals surface area contributed by atoms with E-state index in [0.29, 0.717) is 96.6 Å². The minimum atomic E-state index is -1.23. The van der Waals surface area contributed by atoms with Crippen molar-refractivity contribution < 1.29 is 76.4 Å². The van der Waals surface area contributed by atoms with Crippen LogP contribution in [0, 0.1) is 0 Å². The second kappa shape index (κ2) is 48.3. The number of piperidine rings is 6. The summed E-state index contributed by atoms with van der Waals surface area (Å²) in [6, 6.07) is 59.9. The summed E-state index contributed by atoms with van der Waals surface area (Å²) in [6.45, 7) is 8.68. The number of urea groups is 5. The van der Waals surface area contributed by atoms with Crippen molar-refractivity contribution in [3.63, 3.8) is 0 Å². The molecule has 7 aromatic rings. The maximum atomic E-state index is 13.5. The van der Waals surface area contributed by atoms with Crippen molar-refractivity contribution in [3.05, 3.63) is 226 Å². The molecular weight excluding hydrogens is 1860 g/mol. The number of nitrogens with one attached hydrogen (secondary N) is 11. The van der Waals surface area contributed by atoms with Crippen LogP contribution in [0.4, 0.5) is 51.5 Å². The zero-order valence-electron chi connectivity index (χ0n) is 85.0. The van der Waals surface area contributed by atoms with Crippen molar-refractivity contribution >= 4 is 98.8 Å². The number of carbonyl (C=O) groups is 9. The van der Waals surface area contributed by atoms with Crippen LogP contribution in [0.15, 0.2) is 191 Å². The van der Waals surface area contributed by atoms with Gasteiger partial charge in [0.15, 0.2) is 17.7 Å². The number of hydrogen-bond donors (Lipinski definition) is 12. The largest absolute Gasteiger partial charge is 0.545 e. The molecule has 0 bridgehead atoms. The van der Waals surface area contributed by atoms with Crippen LogP contribution in [0.25, 0.3) is 66.8 Å². The second-order valence-corrected chi connectivity index (χ2v) is 39.1. The lowest BCUT2D eigenvalue weighted by Gasteiger charge is -2.41. The van der Waals surface area contributed by atoms with Crippen LogP contribution in [-0.4, -0.2) is 216 Å². The molecule has 0 aromatic heterocycles. The quantitative estimate of drug-likeness (QED) is 0.0136. The van der Waals surface area contributed by atoms with Crippen molar-refractivity contribution in [2.45, 2.75) is 196 Å². The van der Waals surface area contributed by atoms with Crippen molar-refractivity contribution in [2.75, 3.05) is 140 Å². The fourth-order valence-corrected chi connectivity index (χ4v) is 23.2. The molecule has 11 amide bonds. The number of aromatic carboxylic acids is 2. The normalized spacial score (nSPS) is 20.1. The summed E-state index contributed by atoms with van der Waals surface area (Å²) in [5.74, 6) is 0.128. The van der Waals surface area contributed by atoms with Gasteiger partial charge in [-0.1, -0.05) is 60.7 Å². The first kappa shape index (κ1) is 103. The number of fused-ring (bicyclic) bond motifs is 10. The molecule has 0 saturated carbocycles. The number of benzene rings is 9. The number of alkyl carbamates (subject to hydrolysis) is 1. The zero-order chi connectivity index (χ0) is 103. The van der Waals surface area contributed by atoms with E-state index in [-0.39, 0.29) is 83.5 Å². The van der Waals surface area contributed by atoms with Crippen LogP contribution in [0.3, 0.4) is 0 Å².